The highest BCUT2D eigenvalue weighted by Crippen LogP contribution is 2.18. The third-order valence-corrected chi connectivity index (χ3v) is 5.28. The molecule has 0 aromatic heterocycles. The summed E-state index contributed by atoms with van der Waals surface area (Å²) in [6, 6.07) is -3.41. The first-order chi connectivity index (χ1) is 12.7. The molecule has 1 saturated heterocycles. The SMILES string of the molecule is CSCCC(NC(=O)C1CCCN1C(=O)C(C)N)C(=O)NC(CS)C(=O)O. The lowest BCUT2D eigenvalue weighted by Crippen LogP contribution is -2.56. The first-order valence-electron chi connectivity index (χ1n) is 8.72. The molecule has 4 unspecified atom stereocenters. The van der Waals surface area contributed by atoms with Crippen molar-refractivity contribution in [3.05, 3.63) is 0 Å². The highest BCUT2D eigenvalue weighted by Gasteiger charge is 2.37. The van der Waals surface area contributed by atoms with E-state index in [0.717, 1.165) is 0 Å². The second kappa shape index (κ2) is 11.4. The average Bonchev–Trinajstić information content (AvgIpc) is 3.11. The second-order valence-electron chi connectivity index (χ2n) is 6.40. The number of carboxylic acid groups (broad SMARTS) is 1. The molecule has 154 valence electrons. The van der Waals surface area contributed by atoms with Crippen LogP contribution in [0, 0.1) is 0 Å². The molecule has 11 heteroatoms. The van der Waals surface area contributed by atoms with Crippen LogP contribution in [0.25, 0.3) is 0 Å². The zero-order chi connectivity index (χ0) is 20.6. The number of nitrogens with one attached hydrogen (secondary N) is 2. The number of amides is 3. The molecule has 0 spiro atoms. The summed E-state index contributed by atoms with van der Waals surface area (Å²) >= 11 is 5.42. The van der Waals surface area contributed by atoms with E-state index in [4.69, 9.17) is 10.8 Å². The normalized spacial score (nSPS) is 19.9. The molecule has 0 aliphatic carbocycles. The molecule has 0 aromatic rings. The first kappa shape index (κ1) is 23.6. The smallest absolute Gasteiger partial charge is 0.327 e. The van der Waals surface area contributed by atoms with E-state index in [9.17, 15) is 19.2 Å². The maximum atomic E-state index is 12.7. The van der Waals surface area contributed by atoms with Crippen LogP contribution in [0.5, 0.6) is 0 Å². The van der Waals surface area contributed by atoms with Crippen LogP contribution in [-0.2, 0) is 19.2 Å². The van der Waals surface area contributed by atoms with Gasteiger partial charge >= 0.3 is 5.97 Å². The number of thioether (sulfide) groups is 1. The van der Waals surface area contributed by atoms with E-state index in [0.29, 0.717) is 31.6 Å². The zero-order valence-corrected chi connectivity index (χ0v) is 17.2. The molecule has 1 heterocycles. The van der Waals surface area contributed by atoms with Crippen LogP contribution in [0.4, 0.5) is 0 Å². The van der Waals surface area contributed by atoms with E-state index in [2.05, 4.69) is 23.3 Å². The quantitative estimate of drug-likeness (QED) is 0.287. The zero-order valence-electron chi connectivity index (χ0n) is 15.5. The lowest BCUT2D eigenvalue weighted by molar-refractivity contribution is -0.142. The molecule has 5 N–H and O–H groups in total. The Kier molecular flexibility index (Phi) is 9.95. The number of carbonyl (C=O) groups is 4. The van der Waals surface area contributed by atoms with Gasteiger partial charge in [0.1, 0.15) is 18.1 Å². The number of rotatable bonds is 10. The number of carboxylic acids is 1. The fourth-order valence-electron chi connectivity index (χ4n) is 2.79. The summed E-state index contributed by atoms with van der Waals surface area (Å²) in [5.41, 5.74) is 5.64. The molecule has 0 saturated carbocycles. The van der Waals surface area contributed by atoms with Gasteiger partial charge < -0.3 is 26.4 Å². The van der Waals surface area contributed by atoms with E-state index in [1.165, 1.54) is 16.7 Å². The van der Waals surface area contributed by atoms with Gasteiger partial charge in [-0.1, -0.05) is 0 Å². The fraction of sp³-hybridized carbons (Fsp3) is 0.750. The Bertz CT molecular complexity index is 561. The van der Waals surface area contributed by atoms with E-state index in [-0.39, 0.29) is 11.7 Å². The van der Waals surface area contributed by atoms with Crippen LogP contribution in [-0.4, -0.2) is 82.2 Å². The molecule has 1 rings (SSSR count). The maximum Gasteiger partial charge on any atom is 0.327 e. The Morgan fingerprint density at radius 3 is 2.48 bits per heavy atom. The summed E-state index contributed by atoms with van der Waals surface area (Å²) in [4.78, 5) is 49.9. The third kappa shape index (κ3) is 6.89. The monoisotopic (exact) mass is 420 g/mol. The summed E-state index contributed by atoms with van der Waals surface area (Å²) in [6.07, 6.45) is 3.38. The van der Waals surface area contributed by atoms with Gasteiger partial charge in [0, 0.05) is 12.3 Å². The van der Waals surface area contributed by atoms with Crippen molar-refractivity contribution in [1.29, 1.82) is 0 Å². The predicted molar refractivity (Wildman–Crippen MR) is 107 cm³/mol. The molecule has 0 bridgehead atoms. The topological polar surface area (TPSA) is 142 Å². The van der Waals surface area contributed by atoms with Crippen molar-refractivity contribution in [2.24, 2.45) is 5.73 Å². The molecular weight excluding hydrogens is 392 g/mol. The van der Waals surface area contributed by atoms with Crippen LogP contribution in [0.15, 0.2) is 0 Å². The Balaban J connectivity index is 2.82. The Hall–Kier alpha value is -1.46. The Morgan fingerprint density at radius 2 is 1.96 bits per heavy atom. The van der Waals surface area contributed by atoms with Crippen LogP contribution in [0.1, 0.15) is 26.2 Å². The standard InChI is InChI=1S/C16H28N4O5S2/c1-9(17)15(23)20-6-3-4-12(20)14(22)18-10(5-7-27-2)13(21)19-11(8-26)16(24)25/h9-12,26H,3-8,17H2,1-2H3,(H,18,22)(H,19,21)(H,24,25). The molecule has 3 amide bonds. The third-order valence-electron chi connectivity index (χ3n) is 4.27. The minimum atomic E-state index is -1.20. The van der Waals surface area contributed by atoms with E-state index >= 15 is 0 Å². The van der Waals surface area contributed by atoms with Gasteiger partial charge in [-0.15, -0.1) is 0 Å². The molecule has 4 atom stereocenters. The molecule has 1 aliphatic heterocycles. The maximum absolute atomic E-state index is 12.7. The molecular formula is C16H28N4O5S2. The van der Waals surface area contributed by atoms with Crippen LogP contribution < -0.4 is 16.4 Å². The van der Waals surface area contributed by atoms with Gasteiger partial charge in [-0.3, -0.25) is 14.4 Å². The van der Waals surface area contributed by atoms with Gasteiger partial charge in [-0.25, -0.2) is 4.79 Å². The lowest BCUT2D eigenvalue weighted by atomic mass is 10.1. The lowest BCUT2D eigenvalue weighted by Gasteiger charge is -2.27. The summed E-state index contributed by atoms with van der Waals surface area (Å²) in [5, 5.41) is 14.1. The molecule has 1 aliphatic rings. The first-order valence-corrected chi connectivity index (χ1v) is 10.7. The van der Waals surface area contributed by atoms with E-state index in [1.807, 2.05) is 6.26 Å². The van der Waals surface area contributed by atoms with Crippen molar-refractivity contribution in [1.82, 2.24) is 15.5 Å². The average molecular weight is 421 g/mol. The highest BCUT2D eigenvalue weighted by atomic mass is 32.2. The molecule has 1 fully saturated rings. The summed E-state index contributed by atoms with van der Waals surface area (Å²) in [6.45, 7) is 2.01. The van der Waals surface area contributed by atoms with Crippen molar-refractivity contribution in [2.45, 2.75) is 50.4 Å². The predicted octanol–water partition coefficient (Wildman–Crippen LogP) is -0.938. The Morgan fingerprint density at radius 1 is 1.30 bits per heavy atom. The number of hydrogen-bond donors (Lipinski definition) is 5. The van der Waals surface area contributed by atoms with E-state index in [1.54, 1.807) is 6.92 Å². The van der Waals surface area contributed by atoms with Crippen LogP contribution in [0.3, 0.4) is 0 Å². The van der Waals surface area contributed by atoms with Gasteiger partial charge in [0.05, 0.1) is 6.04 Å². The van der Waals surface area contributed by atoms with Crippen molar-refractivity contribution in [2.75, 3.05) is 24.3 Å². The van der Waals surface area contributed by atoms with Gasteiger partial charge in [0.2, 0.25) is 17.7 Å². The van der Waals surface area contributed by atoms with Gasteiger partial charge in [0.25, 0.3) is 0 Å². The van der Waals surface area contributed by atoms with Crippen molar-refractivity contribution in [3.63, 3.8) is 0 Å². The number of nitrogens with zero attached hydrogens (tertiary/aromatic N) is 1. The van der Waals surface area contributed by atoms with Gasteiger partial charge in [-0.05, 0) is 38.2 Å². The molecule has 0 radical (unpaired) electrons. The number of hydrogen-bond acceptors (Lipinski definition) is 7. The number of likely N-dealkylation sites (tertiary alicyclic amines) is 1. The Labute approximate surface area is 168 Å². The second-order valence-corrected chi connectivity index (χ2v) is 7.75. The van der Waals surface area contributed by atoms with Crippen LogP contribution >= 0.6 is 24.4 Å². The molecule has 27 heavy (non-hydrogen) atoms. The molecule has 0 aromatic carbocycles. The van der Waals surface area contributed by atoms with Crippen molar-refractivity contribution in [3.8, 4) is 0 Å². The minimum Gasteiger partial charge on any atom is -0.480 e. The summed E-state index contributed by atoms with van der Waals surface area (Å²) in [5.74, 6) is -1.98. The van der Waals surface area contributed by atoms with Crippen LogP contribution in [0.2, 0.25) is 0 Å². The highest BCUT2D eigenvalue weighted by molar-refractivity contribution is 7.98. The fourth-order valence-corrected chi connectivity index (χ4v) is 3.51. The number of nitrogens with two attached hydrogens (primary N) is 1. The number of carbonyl (C=O) groups excluding carboxylic acids is 3. The minimum absolute atomic E-state index is 0.0659. The summed E-state index contributed by atoms with van der Waals surface area (Å²) < 4.78 is 0. The number of aliphatic carboxylic acids is 1. The summed E-state index contributed by atoms with van der Waals surface area (Å²) in [7, 11) is 0. The van der Waals surface area contributed by atoms with Gasteiger partial charge in [-0.2, -0.15) is 24.4 Å². The number of thiol groups is 1. The largest absolute Gasteiger partial charge is 0.480 e. The van der Waals surface area contributed by atoms with Gasteiger partial charge in [0.15, 0.2) is 0 Å². The molecule has 9 nitrogen and oxygen atoms in total. The van der Waals surface area contributed by atoms with E-state index < -0.39 is 42.0 Å². The van der Waals surface area contributed by atoms with Crippen molar-refractivity contribution < 1.29 is 24.3 Å². The van der Waals surface area contributed by atoms with Crippen molar-refractivity contribution >= 4 is 48.1 Å².